The van der Waals surface area contributed by atoms with Crippen molar-refractivity contribution in [3.8, 4) is 0 Å². The van der Waals surface area contributed by atoms with Gasteiger partial charge in [-0.05, 0) is 36.1 Å². The molecule has 148 valence electrons. The fourth-order valence-electron chi connectivity index (χ4n) is 3.56. The zero-order valence-corrected chi connectivity index (χ0v) is 15.6. The molecule has 1 saturated carbocycles. The van der Waals surface area contributed by atoms with Crippen molar-refractivity contribution in [2.75, 3.05) is 7.11 Å². The Hall–Kier alpha value is -2.76. The molecule has 1 aliphatic carbocycles. The lowest BCUT2D eigenvalue weighted by Crippen LogP contribution is -2.43. The Balaban J connectivity index is 1.85. The Morgan fingerprint density at radius 2 is 1.54 bits per heavy atom. The van der Waals surface area contributed by atoms with E-state index in [0.29, 0.717) is 11.1 Å². The summed E-state index contributed by atoms with van der Waals surface area (Å²) in [5.41, 5.74) is 0.590. The molecule has 0 aromatic heterocycles. The molecular formula is C22H22F2O4. The van der Waals surface area contributed by atoms with Gasteiger partial charge in [-0.3, -0.25) is 4.79 Å². The second kappa shape index (κ2) is 8.09. The third-order valence-electron chi connectivity index (χ3n) is 5.30. The maximum absolute atomic E-state index is 13.8. The average Bonchev–Trinajstić information content (AvgIpc) is 2.72. The molecule has 28 heavy (non-hydrogen) atoms. The van der Waals surface area contributed by atoms with Crippen LogP contribution >= 0.6 is 0 Å². The van der Waals surface area contributed by atoms with Gasteiger partial charge in [0.25, 0.3) is 0 Å². The largest absolute Gasteiger partial charge is 0.465 e. The first-order valence-electron chi connectivity index (χ1n) is 9.14. The minimum absolute atomic E-state index is 0.00874. The van der Waals surface area contributed by atoms with E-state index < -0.39 is 23.3 Å². The lowest BCUT2D eigenvalue weighted by Gasteiger charge is -2.38. The van der Waals surface area contributed by atoms with Crippen LogP contribution < -0.4 is 0 Å². The third-order valence-corrected chi connectivity index (χ3v) is 5.30. The van der Waals surface area contributed by atoms with Crippen molar-refractivity contribution in [1.82, 2.24) is 0 Å². The van der Waals surface area contributed by atoms with Gasteiger partial charge in [0.1, 0.15) is 6.61 Å². The lowest BCUT2D eigenvalue weighted by molar-refractivity contribution is -0.157. The quantitative estimate of drug-likeness (QED) is 0.699. The Kier molecular flexibility index (Phi) is 5.77. The maximum Gasteiger partial charge on any atom is 0.337 e. The van der Waals surface area contributed by atoms with Crippen LogP contribution in [0.1, 0.15) is 47.2 Å². The number of carbonyl (C=O) groups is 2. The molecule has 3 rings (SSSR count). The van der Waals surface area contributed by atoms with Gasteiger partial charge in [-0.2, -0.15) is 0 Å². The second-order valence-electron chi connectivity index (χ2n) is 7.07. The molecule has 2 aromatic carbocycles. The predicted octanol–water partition coefficient (Wildman–Crippen LogP) is 4.66. The van der Waals surface area contributed by atoms with Crippen molar-refractivity contribution < 1.29 is 27.8 Å². The van der Waals surface area contributed by atoms with Crippen molar-refractivity contribution in [1.29, 1.82) is 0 Å². The van der Waals surface area contributed by atoms with Gasteiger partial charge in [0.15, 0.2) is 0 Å². The monoisotopic (exact) mass is 388 g/mol. The van der Waals surface area contributed by atoms with Crippen molar-refractivity contribution >= 4 is 11.9 Å². The van der Waals surface area contributed by atoms with Crippen molar-refractivity contribution in [2.45, 2.75) is 43.6 Å². The number of ether oxygens (including phenoxy) is 2. The molecule has 4 nitrogen and oxygen atoms in total. The van der Waals surface area contributed by atoms with E-state index in [1.165, 1.54) is 7.11 Å². The number of hydrogen-bond donors (Lipinski definition) is 0. The first-order valence-corrected chi connectivity index (χ1v) is 9.14. The predicted molar refractivity (Wildman–Crippen MR) is 99.1 cm³/mol. The Bertz CT molecular complexity index is 821. The second-order valence-corrected chi connectivity index (χ2v) is 7.07. The molecule has 6 heteroatoms. The highest BCUT2D eigenvalue weighted by Crippen LogP contribution is 2.46. The molecule has 0 bridgehead atoms. The molecule has 0 radical (unpaired) electrons. The summed E-state index contributed by atoms with van der Waals surface area (Å²) in [6.07, 6.45) is -0.783. The highest BCUT2D eigenvalue weighted by molar-refractivity contribution is 5.90. The van der Waals surface area contributed by atoms with Crippen LogP contribution in [0.2, 0.25) is 0 Å². The van der Waals surface area contributed by atoms with Crippen LogP contribution in [0, 0.1) is 0 Å². The van der Waals surface area contributed by atoms with Crippen molar-refractivity contribution in [2.24, 2.45) is 0 Å². The number of alkyl halides is 2. The average molecular weight is 388 g/mol. The summed E-state index contributed by atoms with van der Waals surface area (Å²) in [4.78, 5) is 24.7. The normalized spacial score (nSPS) is 17.5. The van der Waals surface area contributed by atoms with Crippen LogP contribution in [-0.4, -0.2) is 25.0 Å². The highest BCUT2D eigenvalue weighted by Gasteiger charge is 2.49. The van der Waals surface area contributed by atoms with E-state index in [2.05, 4.69) is 4.74 Å². The van der Waals surface area contributed by atoms with Gasteiger partial charge in [-0.25, -0.2) is 13.6 Å². The Morgan fingerprint density at radius 3 is 2.11 bits per heavy atom. The van der Waals surface area contributed by atoms with Crippen LogP contribution in [0.15, 0.2) is 54.6 Å². The summed E-state index contributed by atoms with van der Waals surface area (Å²) in [6, 6.07) is 15.5. The third kappa shape index (κ3) is 4.21. The van der Waals surface area contributed by atoms with Crippen molar-refractivity contribution in [3.63, 3.8) is 0 Å². The minimum atomic E-state index is -2.78. The smallest absolute Gasteiger partial charge is 0.337 e. The van der Waals surface area contributed by atoms with E-state index in [4.69, 9.17) is 4.74 Å². The topological polar surface area (TPSA) is 52.6 Å². The fraction of sp³-hybridized carbons (Fsp3) is 0.364. The molecule has 0 aliphatic heterocycles. The fourth-order valence-corrected chi connectivity index (χ4v) is 3.56. The molecule has 0 unspecified atom stereocenters. The number of esters is 2. The van der Waals surface area contributed by atoms with Crippen LogP contribution in [0.5, 0.6) is 0 Å². The Morgan fingerprint density at radius 1 is 0.929 bits per heavy atom. The molecule has 0 amide bonds. The molecule has 1 aliphatic rings. The van der Waals surface area contributed by atoms with Crippen LogP contribution in [0.25, 0.3) is 0 Å². The van der Waals surface area contributed by atoms with E-state index in [1.54, 1.807) is 24.3 Å². The molecule has 2 aromatic rings. The van der Waals surface area contributed by atoms with Gasteiger partial charge in [-0.1, -0.05) is 42.5 Å². The van der Waals surface area contributed by atoms with Gasteiger partial charge in [-0.15, -0.1) is 0 Å². The number of rotatable bonds is 5. The Labute approximate surface area is 162 Å². The summed E-state index contributed by atoms with van der Waals surface area (Å²) in [7, 11) is 1.28. The number of hydrogen-bond acceptors (Lipinski definition) is 4. The van der Waals surface area contributed by atoms with Gasteiger partial charge in [0.05, 0.1) is 18.1 Å². The van der Waals surface area contributed by atoms with E-state index in [1.807, 2.05) is 30.3 Å². The zero-order valence-electron chi connectivity index (χ0n) is 15.6. The van der Waals surface area contributed by atoms with Gasteiger partial charge in [0.2, 0.25) is 5.92 Å². The number of methoxy groups -OCH3 is 1. The molecule has 0 heterocycles. The molecule has 0 saturated heterocycles. The summed E-state index contributed by atoms with van der Waals surface area (Å²) >= 11 is 0. The summed E-state index contributed by atoms with van der Waals surface area (Å²) < 4.78 is 37.8. The van der Waals surface area contributed by atoms with E-state index in [0.717, 1.165) is 5.56 Å². The van der Waals surface area contributed by atoms with Crippen molar-refractivity contribution in [3.05, 3.63) is 71.3 Å². The standard InChI is InChI=1S/C22H22F2O4/c1-27-19(25)17-7-9-18(10-8-17)21(11-13-22(23,24)14-12-21)20(26)28-15-16-5-3-2-4-6-16/h2-10H,11-15H2,1H3. The number of carbonyl (C=O) groups excluding carboxylic acids is 2. The summed E-state index contributed by atoms with van der Waals surface area (Å²) in [5, 5.41) is 0. The lowest BCUT2D eigenvalue weighted by atomic mass is 9.68. The molecule has 0 atom stereocenters. The minimum Gasteiger partial charge on any atom is -0.465 e. The molecule has 1 fully saturated rings. The molecule has 0 N–H and O–H groups in total. The first-order chi connectivity index (χ1) is 13.4. The number of benzene rings is 2. The van der Waals surface area contributed by atoms with E-state index >= 15 is 0 Å². The zero-order chi connectivity index (χ0) is 20.2. The SMILES string of the molecule is COC(=O)c1ccc(C2(C(=O)OCc3ccccc3)CCC(F)(F)CC2)cc1. The maximum atomic E-state index is 13.8. The molecule has 0 spiro atoms. The van der Waals surface area contributed by atoms with E-state index in [-0.39, 0.29) is 32.3 Å². The van der Waals surface area contributed by atoms with Crippen LogP contribution in [0.4, 0.5) is 8.78 Å². The summed E-state index contributed by atoms with van der Waals surface area (Å²) in [6.45, 7) is 0.0814. The van der Waals surface area contributed by atoms with Gasteiger partial charge in [0, 0.05) is 12.8 Å². The first kappa shape index (κ1) is 20.0. The van der Waals surface area contributed by atoms with E-state index in [9.17, 15) is 18.4 Å². The van der Waals surface area contributed by atoms with Gasteiger partial charge >= 0.3 is 11.9 Å². The molecular weight excluding hydrogens is 366 g/mol. The van der Waals surface area contributed by atoms with Gasteiger partial charge < -0.3 is 9.47 Å². The summed E-state index contributed by atoms with van der Waals surface area (Å²) in [5.74, 6) is -3.80. The van der Waals surface area contributed by atoms with Crippen LogP contribution in [0.3, 0.4) is 0 Å². The highest BCUT2D eigenvalue weighted by atomic mass is 19.3. The van der Waals surface area contributed by atoms with Crippen LogP contribution in [-0.2, 0) is 26.3 Å². The number of halogens is 2.